The van der Waals surface area contributed by atoms with Crippen LogP contribution in [0.4, 0.5) is 5.69 Å². The number of anilines is 1. The molecule has 0 radical (unpaired) electrons. The van der Waals surface area contributed by atoms with E-state index in [1.54, 1.807) is 14.2 Å². The molecule has 0 amide bonds. The summed E-state index contributed by atoms with van der Waals surface area (Å²) in [5, 5.41) is 4.69. The lowest BCUT2D eigenvalue weighted by Crippen LogP contribution is -2.34. The molecule has 3 rings (SSSR count). The smallest absolute Gasteiger partial charge is 0.174 e. The van der Waals surface area contributed by atoms with Crippen molar-refractivity contribution in [3.05, 3.63) is 88.4 Å². The standard InChI is InChI=1S/C24H25ClN2O2S/c1-17-14-20(12-13-21(17)25)26-24(30)27(15-18-8-5-4-6-9-18)16-19-10-7-11-22(28-2)23(19)29-3/h4-14H,15-16H2,1-3H3,(H,26,30). The van der Waals surface area contributed by atoms with E-state index in [-0.39, 0.29) is 0 Å². The van der Waals surface area contributed by atoms with Crippen LogP contribution in [0.3, 0.4) is 0 Å². The van der Waals surface area contributed by atoms with Gasteiger partial charge in [0.05, 0.1) is 14.2 Å². The van der Waals surface area contributed by atoms with Gasteiger partial charge < -0.3 is 19.7 Å². The second-order valence-corrected chi connectivity index (χ2v) is 7.68. The Morgan fingerprint density at radius 1 is 0.967 bits per heavy atom. The first kappa shape index (κ1) is 21.9. The van der Waals surface area contributed by atoms with Gasteiger partial charge in [0.25, 0.3) is 0 Å². The summed E-state index contributed by atoms with van der Waals surface area (Å²) in [6.45, 7) is 3.19. The number of aryl methyl sites for hydroxylation is 1. The van der Waals surface area contributed by atoms with E-state index in [4.69, 9.17) is 33.3 Å². The molecule has 0 aliphatic rings. The van der Waals surface area contributed by atoms with Gasteiger partial charge in [0.15, 0.2) is 16.6 Å². The maximum atomic E-state index is 6.16. The van der Waals surface area contributed by atoms with Crippen molar-refractivity contribution >= 4 is 34.6 Å². The fraction of sp³-hybridized carbons (Fsp3) is 0.208. The normalized spacial score (nSPS) is 10.4. The number of hydrogen-bond acceptors (Lipinski definition) is 3. The topological polar surface area (TPSA) is 33.7 Å². The van der Waals surface area contributed by atoms with Crippen LogP contribution in [0.25, 0.3) is 0 Å². The molecule has 0 atom stereocenters. The first-order chi connectivity index (χ1) is 14.5. The van der Waals surface area contributed by atoms with Crippen molar-refractivity contribution in [2.75, 3.05) is 19.5 Å². The fourth-order valence-corrected chi connectivity index (χ4v) is 3.58. The van der Waals surface area contributed by atoms with Crippen molar-refractivity contribution in [3.63, 3.8) is 0 Å². The van der Waals surface area contributed by atoms with E-state index in [0.29, 0.717) is 29.7 Å². The van der Waals surface area contributed by atoms with Crippen molar-refractivity contribution in [2.24, 2.45) is 0 Å². The zero-order chi connectivity index (χ0) is 21.5. The first-order valence-electron chi connectivity index (χ1n) is 9.57. The Hall–Kier alpha value is -2.76. The molecule has 3 aromatic rings. The van der Waals surface area contributed by atoms with Gasteiger partial charge in [-0.05, 0) is 54.5 Å². The Kier molecular flexibility index (Phi) is 7.55. The predicted octanol–water partition coefficient (Wildman–Crippen LogP) is 6.06. The molecule has 3 aromatic carbocycles. The Morgan fingerprint density at radius 3 is 2.40 bits per heavy atom. The third-order valence-electron chi connectivity index (χ3n) is 4.76. The molecule has 0 saturated heterocycles. The molecular weight excluding hydrogens is 416 g/mol. The lowest BCUT2D eigenvalue weighted by Gasteiger charge is -2.27. The third-order valence-corrected chi connectivity index (χ3v) is 5.54. The van der Waals surface area contributed by atoms with E-state index in [2.05, 4.69) is 22.3 Å². The Bertz CT molecular complexity index is 1010. The minimum absolute atomic E-state index is 0.563. The van der Waals surface area contributed by atoms with Crippen LogP contribution < -0.4 is 14.8 Å². The number of nitrogens with zero attached hydrogens (tertiary/aromatic N) is 1. The maximum Gasteiger partial charge on any atom is 0.174 e. The number of methoxy groups -OCH3 is 2. The number of para-hydroxylation sites is 1. The van der Waals surface area contributed by atoms with E-state index < -0.39 is 0 Å². The van der Waals surface area contributed by atoms with Gasteiger partial charge in [0.1, 0.15) is 0 Å². The highest BCUT2D eigenvalue weighted by atomic mass is 35.5. The highest BCUT2D eigenvalue weighted by Gasteiger charge is 2.17. The molecule has 0 aliphatic carbocycles. The summed E-state index contributed by atoms with van der Waals surface area (Å²) in [6.07, 6.45) is 0. The number of rotatable bonds is 7. The summed E-state index contributed by atoms with van der Waals surface area (Å²) in [5.74, 6) is 1.41. The number of nitrogens with one attached hydrogen (secondary N) is 1. The molecule has 30 heavy (non-hydrogen) atoms. The zero-order valence-electron chi connectivity index (χ0n) is 17.3. The molecule has 4 nitrogen and oxygen atoms in total. The van der Waals surface area contributed by atoms with Gasteiger partial charge in [0, 0.05) is 29.4 Å². The van der Waals surface area contributed by atoms with Crippen LogP contribution in [0, 0.1) is 6.92 Å². The Morgan fingerprint density at radius 2 is 1.73 bits per heavy atom. The summed E-state index contributed by atoms with van der Waals surface area (Å²) in [7, 11) is 3.29. The van der Waals surface area contributed by atoms with Crippen LogP contribution in [0.1, 0.15) is 16.7 Å². The van der Waals surface area contributed by atoms with Crippen molar-refractivity contribution in [2.45, 2.75) is 20.0 Å². The molecule has 0 fully saturated rings. The molecule has 0 bridgehead atoms. The van der Waals surface area contributed by atoms with Crippen LogP contribution in [-0.4, -0.2) is 24.2 Å². The summed E-state index contributed by atoms with van der Waals surface area (Å²) >= 11 is 11.9. The molecule has 0 spiro atoms. The van der Waals surface area contributed by atoms with E-state index >= 15 is 0 Å². The van der Waals surface area contributed by atoms with Gasteiger partial charge in [-0.3, -0.25) is 0 Å². The molecule has 0 saturated carbocycles. The number of benzene rings is 3. The number of hydrogen-bond donors (Lipinski definition) is 1. The van der Waals surface area contributed by atoms with Crippen molar-refractivity contribution in [1.29, 1.82) is 0 Å². The Labute approximate surface area is 188 Å². The minimum Gasteiger partial charge on any atom is -0.493 e. The summed E-state index contributed by atoms with van der Waals surface area (Å²) in [4.78, 5) is 2.10. The molecule has 0 aliphatic heterocycles. The monoisotopic (exact) mass is 440 g/mol. The van der Waals surface area contributed by atoms with E-state index in [9.17, 15) is 0 Å². The second kappa shape index (κ2) is 10.3. The molecule has 0 unspecified atom stereocenters. The van der Waals surface area contributed by atoms with Crippen LogP contribution in [-0.2, 0) is 13.1 Å². The number of thiocarbonyl (C=S) groups is 1. The fourth-order valence-electron chi connectivity index (χ4n) is 3.21. The SMILES string of the molecule is COc1cccc(CN(Cc2ccccc2)C(=S)Nc2ccc(Cl)c(C)c2)c1OC. The van der Waals surface area contributed by atoms with E-state index in [0.717, 1.165) is 27.4 Å². The highest BCUT2D eigenvalue weighted by Crippen LogP contribution is 2.32. The lowest BCUT2D eigenvalue weighted by molar-refractivity contribution is 0.341. The summed E-state index contributed by atoms with van der Waals surface area (Å²) in [5.41, 5.74) is 4.05. The van der Waals surface area contributed by atoms with Crippen LogP contribution in [0.2, 0.25) is 5.02 Å². The third kappa shape index (κ3) is 5.43. The first-order valence-corrected chi connectivity index (χ1v) is 10.4. The largest absolute Gasteiger partial charge is 0.493 e. The number of ether oxygens (including phenoxy) is 2. The van der Waals surface area contributed by atoms with Gasteiger partial charge >= 0.3 is 0 Å². The maximum absolute atomic E-state index is 6.16. The molecule has 1 N–H and O–H groups in total. The molecule has 0 aromatic heterocycles. The Balaban J connectivity index is 1.88. The average Bonchev–Trinajstić information content (AvgIpc) is 2.76. The quantitative estimate of drug-likeness (QED) is 0.451. The average molecular weight is 441 g/mol. The van der Waals surface area contributed by atoms with Crippen molar-refractivity contribution in [1.82, 2.24) is 4.90 Å². The highest BCUT2D eigenvalue weighted by molar-refractivity contribution is 7.80. The van der Waals surface area contributed by atoms with Crippen LogP contribution in [0.5, 0.6) is 11.5 Å². The van der Waals surface area contributed by atoms with Gasteiger partial charge in [-0.1, -0.05) is 54.1 Å². The zero-order valence-corrected chi connectivity index (χ0v) is 18.9. The molecule has 6 heteroatoms. The van der Waals surface area contributed by atoms with E-state index in [1.165, 1.54) is 0 Å². The van der Waals surface area contributed by atoms with E-state index in [1.807, 2.05) is 61.5 Å². The lowest BCUT2D eigenvalue weighted by atomic mass is 10.1. The van der Waals surface area contributed by atoms with Gasteiger partial charge in [-0.2, -0.15) is 0 Å². The van der Waals surface area contributed by atoms with Crippen LogP contribution >= 0.6 is 23.8 Å². The van der Waals surface area contributed by atoms with Crippen molar-refractivity contribution in [3.8, 4) is 11.5 Å². The van der Waals surface area contributed by atoms with Gasteiger partial charge in [0.2, 0.25) is 0 Å². The number of halogens is 1. The molecule has 0 heterocycles. The minimum atomic E-state index is 0.563. The summed E-state index contributed by atoms with van der Waals surface area (Å²) < 4.78 is 11.1. The molecule has 156 valence electrons. The summed E-state index contributed by atoms with van der Waals surface area (Å²) in [6, 6.07) is 21.9. The molecular formula is C24H25ClN2O2S. The predicted molar refractivity (Wildman–Crippen MR) is 128 cm³/mol. The van der Waals surface area contributed by atoms with Crippen LogP contribution in [0.15, 0.2) is 66.7 Å². The second-order valence-electron chi connectivity index (χ2n) is 6.89. The van der Waals surface area contributed by atoms with Gasteiger partial charge in [-0.25, -0.2) is 0 Å². The van der Waals surface area contributed by atoms with Gasteiger partial charge in [-0.15, -0.1) is 0 Å². The van der Waals surface area contributed by atoms with Crippen molar-refractivity contribution < 1.29 is 9.47 Å².